The molecule has 2 aromatic heterocycles. The summed E-state index contributed by atoms with van der Waals surface area (Å²) >= 11 is 0. The lowest BCUT2D eigenvalue weighted by molar-refractivity contribution is 0.675. The van der Waals surface area contributed by atoms with Gasteiger partial charge in [0, 0.05) is 27.5 Å². The summed E-state index contributed by atoms with van der Waals surface area (Å²) in [5.74, 6) is 2.01. The van der Waals surface area contributed by atoms with Crippen molar-refractivity contribution in [3.63, 3.8) is 0 Å². The number of hydrogen-bond acceptors (Lipinski definition) is 4. The van der Waals surface area contributed by atoms with E-state index in [1.54, 1.807) is 0 Å². The molecule has 0 atom stereocenters. The summed E-state index contributed by atoms with van der Waals surface area (Å²) in [6.07, 6.45) is 0. The topological polar surface area (TPSA) is 51.8 Å². The summed E-state index contributed by atoms with van der Waals surface area (Å²) in [5, 5.41) is 7.51. The maximum absolute atomic E-state index is 6.97. The highest BCUT2D eigenvalue weighted by Gasteiger charge is 2.29. The summed E-state index contributed by atoms with van der Waals surface area (Å²) in [5.41, 5.74) is 33.3. The van der Waals surface area contributed by atoms with E-state index in [4.69, 9.17) is 19.4 Å². The van der Waals surface area contributed by atoms with Gasteiger partial charge in [-0.25, -0.2) is 15.0 Å². The normalized spacial score (nSPS) is 11.7. The molecule has 0 bridgehead atoms. The zero-order valence-electron chi connectivity index (χ0n) is 42.6. The first-order valence-corrected chi connectivity index (χ1v) is 23.4. The molecule has 0 radical (unpaired) electrons. The number of fused-ring (bicyclic) bond motifs is 5. The molecule has 9 rings (SSSR count). The lowest BCUT2D eigenvalue weighted by atomic mass is 9.56. The van der Waals surface area contributed by atoms with E-state index in [1.165, 1.54) is 131 Å². The van der Waals surface area contributed by atoms with Gasteiger partial charge < -0.3 is 4.42 Å². The van der Waals surface area contributed by atoms with E-state index in [2.05, 4.69) is 187 Å². The highest BCUT2D eigenvalue weighted by molar-refractivity contribution is 6.74. The highest BCUT2D eigenvalue weighted by Crippen LogP contribution is 2.35. The minimum atomic E-state index is 0.657. The van der Waals surface area contributed by atoms with E-state index < -0.39 is 0 Å². The van der Waals surface area contributed by atoms with Gasteiger partial charge in [-0.15, -0.1) is 27.3 Å². The van der Waals surface area contributed by atoms with Crippen LogP contribution in [-0.2, 0) is 0 Å². The molecule has 2 heterocycles. The Kier molecular flexibility index (Phi) is 11.1. The smallest absolute Gasteiger partial charge is 0.164 e. The fourth-order valence-electron chi connectivity index (χ4n) is 11.4. The highest BCUT2D eigenvalue weighted by atomic mass is 16.3. The molecule has 0 amide bonds. The zero-order chi connectivity index (χ0) is 47.1. The molecule has 0 N–H and O–H groups in total. The molecule has 0 aliphatic heterocycles. The standard InChI is InChI=1S/C41H45B20N3O/c42-17-7(8-10-13(22(47)28(53)18(8)43)23(48)31(56)30(55)20(10)45)9-11(21(46)27(17)52)15(25(50)29(54)19(9)44)40-62-39(6-4-2-1-3-5-6)63-41(64-40)16-12-14-24(49)32(57)34(59)36(61)38(14)65-37(12)35(60)33(58)26(16)51/h1-5H,42-61H2. The molecule has 4 nitrogen and oxygen atoms in total. The minimum absolute atomic E-state index is 0.657. The van der Waals surface area contributed by atoms with Crippen molar-refractivity contribution in [2.45, 2.75) is 0 Å². The second-order valence-corrected chi connectivity index (χ2v) is 19.7. The van der Waals surface area contributed by atoms with Crippen LogP contribution in [0.2, 0.25) is 0 Å². The molecule has 7 aromatic carbocycles. The third-order valence-electron chi connectivity index (χ3n) is 17.1. The van der Waals surface area contributed by atoms with Crippen LogP contribution in [0.25, 0.3) is 88.8 Å². The number of rotatable bonds is 4. The molecule has 0 saturated heterocycles. The van der Waals surface area contributed by atoms with Gasteiger partial charge in [0.15, 0.2) is 17.5 Å². The Hall–Kier alpha value is -4.83. The van der Waals surface area contributed by atoms with Crippen molar-refractivity contribution < 1.29 is 4.42 Å². The van der Waals surface area contributed by atoms with Crippen molar-refractivity contribution in [3.05, 3.63) is 30.3 Å². The molecule has 290 valence electrons. The number of benzene rings is 7. The van der Waals surface area contributed by atoms with Gasteiger partial charge in [-0.1, -0.05) is 112 Å². The molecule has 0 aliphatic carbocycles. The SMILES string of the molecule is Bc1c(B)c(B)c2c(oc3c(B)c(B)c(B)c(-c4nc(-c5ccccc5)nc(-c5c(B)c(B)c(B)c6c(-c7c(B)c(B)c(B)c8c(B)c(B)c(B)c(B)c78)c(B)c(B)c(B)c56)n4)c32)c1B. The predicted molar refractivity (Wildman–Crippen MR) is 347 cm³/mol. The van der Waals surface area contributed by atoms with Crippen LogP contribution in [0.1, 0.15) is 0 Å². The van der Waals surface area contributed by atoms with Crippen LogP contribution in [-0.4, -0.2) is 172 Å². The molecule has 0 fully saturated rings. The van der Waals surface area contributed by atoms with Crippen LogP contribution < -0.4 is 109 Å². The van der Waals surface area contributed by atoms with E-state index in [0.717, 1.165) is 49.6 Å². The largest absolute Gasteiger partial charge is 0.457 e. The van der Waals surface area contributed by atoms with Crippen molar-refractivity contribution in [3.8, 4) is 45.3 Å². The summed E-state index contributed by atoms with van der Waals surface area (Å²) in [6, 6.07) is 10.4. The van der Waals surface area contributed by atoms with Gasteiger partial charge in [0.25, 0.3) is 0 Å². The fraction of sp³-hybridized carbons (Fsp3) is 0. The molecule has 0 spiro atoms. The lowest BCUT2D eigenvalue weighted by Gasteiger charge is -2.29. The molecule has 0 aliphatic rings. The summed E-state index contributed by atoms with van der Waals surface area (Å²) in [7, 11) is 45.6. The van der Waals surface area contributed by atoms with E-state index in [9.17, 15) is 0 Å². The maximum Gasteiger partial charge on any atom is 0.164 e. The van der Waals surface area contributed by atoms with Crippen molar-refractivity contribution in [2.24, 2.45) is 0 Å². The third kappa shape index (κ3) is 6.30. The number of furan rings is 1. The lowest BCUT2D eigenvalue weighted by Crippen LogP contribution is -2.53. The quantitative estimate of drug-likeness (QED) is 0.166. The zero-order valence-corrected chi connectivity index (χ0v) is 42.6. The van der Waals surface area contributed by atoms with Gasteiger partial charge in [-0.05, 0) is 32.7 Å². The first kappa shape index (κ1) is 45.3. The third-order valence-corrected chi connectivity index (χ3v) is 17.1. The second-order valence-electron chi connectivity index (χ2n) is 19.7. The molecule has 0 saturated carbocycles. The molecule has 24 heteroatoms. The molecule has 0 unspecified atom stereocenters. The monoisotopic (exact) mass is 816 g/mol. The van der Waals surface area contributed by atoms with Crippen molar-refractivity contribution in [1.82, 2.24) is 15.0 Å². The number of hydrogen-bond donors (Lipinski definition) is 0. The van der Waals surface area contributed by atoms with Crippen LogP contribution in [0.5, 0.6) is 0 Å². The summed E-state index contributed by atoms with van der Waals surface area (Å²) in [6.45, 7) is 0. The summed E-state index contributed by atoms with van der Waals surface area (Å²) < 4.78 is 6.97. The number of aromatic nitrogens is 3. The van der Waals surface area contributed by atoms with E-state index >= 15 is 0 Å². The fourth-order valence-corrected chi connectivity index (χ4v) is 11.4. The maximum atomic E-state index is 6.97. The van der Waals surface area contributed by atoms with Crippen LogP contribution in [0, 0.1) is 0 Å². The molecule has 65 heavy (non-hydrogen) atoms. The first-order chi connectivity index (χ1) is 30.6. The Bertz CT molecular complexity index is 3660. The van der Waals surface area contributed by atoms with Crippen molar-refractivity contribution >= 4 is 310 Å². The van der Waals surface area contributed by atoms with Gasteiger partial charge in [-0.2, -0.15) is 0 Å². The Balaban J connectivity index is 1.50. The first-order valence-electron chi connectivity index (χ1n) is 23.4. The second kappa shape index (κ2) is 15.9. The van der Waals surface area contributed by atoms with E-state index in [1.807, 2.05) is 0 Å². The van der Waals surface area contributed by atoms with Crippen LogP contribution in [0.4, 0.5) is 0 Å². The molecular formula is C41H45B20N3O. The van der Waals surface area contributed by atoms with E-state index in [-0.39, 0.29) is 0 Å². The molecular weight excluding hydrogens is 767 g/mol. The average Bonchev–Trinajstić information content (AvgIpc) is 3.70. The Morgan fingerprint density at radius 2 is 0.538 bits per heavy atom. The number of nitrogens with zero attached hydrogens (tertiary/aromatic N) is 3. The van der Waals surface area contributed by atoms with Gasteiger partial charge in [0.1, 0.15) is 168 Å². The Morgan fingerprint density at radius 3 is 1.00 bits per heavy atom. The average molecular weight is 812 g/mol. The van der Waals surface area contributed by atoms with Crippen molar-refractivity contribution in [2.75, 3.05) is 0 Å². The van der Waals surface area contributed by atoms with Crippen LogP contribution in [0.15, 0.2) is 34.7 Å². The van der Waals surface area contributed by atoms with Gasteiger partial charge in [0.2, 0.25) is 0 Å². The molecule has 9 aromatic rings. The summed E-state index contributed by atoms with van der Waals surface area (Å²) in [4.78, 5) is 16.7. The van der Waals surface area contributed by atoms with Crippen LogP contribution in [0.3, 0.4) is 0 Å². The minimum Gasteiger partial charge on any atom is -0.457 e. The Morgan fingerprint density at radius 1 is 0.246 bits per heavy atom. The van der Waals surface area contributed by atoms with Crippen LogP contribution >= 0.6 is 0 Å². The van der Waals surface area contributed by atoms with Crippen molar-refractivity contribution in [1.29, 1.82) is 0 Å². The predicted octanol–water partition coefficient (Wildman–Crippen LogP) is -24.1. The Labute approximate surface area is 402 Å². The van der Waals surface area contributed by atoms with Gasteiger partial charge in [0.05, 0.1) is 0 Å². The van der Waals surface area contributed by atoms with Gasteiger partial charge in [-0.3, -0.25) is 0 Å². The van der Waals surface area contributed by atoms with Gasteiger partial charge >= 0.3 is 0 Å². The van der Waals surface area contributed by atoms with E-state index in [0.29, 0.717) is 17.5 Å².